The highest BCUT2D eigenvalue weighted by molar-refractivity contribution is 5.88. The van der Waals surface area contributed by atoms with Crippen molar-refractivity contribution in [2.75, 3.05) is 0 Å². The molecule has 2 amide bonds. The Morgan fingerprint density at radius 2 is 1.36 bits per heavy atom. The molecule has 0 aliphatic carbocycles. The van der Waals surface area contributed by atoms with Gasteiger partial charge in [0.1, 0.15) is 17.0 Å². The van der Waals surface area contributed by atoms with E-state index in [1.165, 1.54) is 6.07 Å². The maximum atomic E-state index is 14.4. The van der Waals surface area contributed by atoms with Crippen LogP contribution in [0.3, 0.4) is 0 Å². The fourth-order valence-corrected chi connectivity index (χ4v) is 2.40. The number of hydrogen-bond acceptors (Lipinski definition) is 7. The van der Waals surface area contributed by atoms with Gasteiger partial charge in [-0.3, -0.25) is 4.98 Å². The van der Waals surface area contributed by atoms with Crippen LogP contribution in [0, 0.1) is 5.82 Å². The van der Waals surface area contributed by atoms with Crippen LogP contribution in [0.25, 0.3) is 11.1 Å². The lowest BCUT2D eigenvalue weighted by Gasteiger charge is -2.28. The zero-order valence-electron chi connectivity index (χ0n) is 19.0. The molecule has 0 aliphatic heterocycles. The topological polar surface area (TPSA) is 94.5 Å². The van der Waals surface area contributed by atoms with Crippen molar-refractivity contribution in [1.82, 2.24) is 19.9 Å². The summed E-state index contributed by atoms with van der Waals surface area (Å²) in [4.78, 5) is 36.2. The lowest BCUT2D eigenvalue weighted by molar-refractivity contribution is -0.145. The quantitative estimate of drug-likeness (QED) is 0.555. The van der Waals surface area contributed by atoms with Gasteiger partial charge in [-0.2, -0.15) is 13.2 Å². The summed E-state index contributed by atoms with van der Waals surface area (Å²) < 4.78 is 62.9. The first-order valence-corrected chi connectivity index (χ1v) is 9.74. The molecule has 2 rings (SSSR count). The molecule has 0 radical (unpaired) electrons. The third kappa shape index (κ3) is 7.65. The van der Waals surface area contributed by atoms with Crippen molar-refractivity contribution >= 4 is 12.2 Å². The van der Waals surface area contributed by atoms with E-state index in [0.29, 0.717) is 4.90 Å². The summed E-state index contributed by atoms with van der Waals surface area (Å²) in [5.74, 6) is -2.23. The minimum absolute atomic E-state index is 0.0445. The highest BCUT2D eigenvalue weighted by Crippen LogP contribution is 2.28. The summed E-state index contributed by atoms with van der Waals surface area (Å²) in [6.45, 7) is 9.20. The van der Waals surface area contributed by atoms with Crippen LogP contribution in [-0.2, 0) is 22.2 Å². The van der Waals surface area contributed by atoms with Crippen molar-refractivity contribution in [3.63, 3.8) is 0 Å². The van der Waals surface area contributed by atoms with Crippen molar-refractivity contribution in [2.45, 2.75) is 65.5 Å². The average Bonchev–Trinajstić information content (AvgIpc) is 2.63. The number of halogens is 4. The van der Waals surface area contributed by atoms with Gasteiger partial charge in [0.05, 0.1) is 18.4 Å². The summed E-state index contributed by atoms with van der Waals surface area (Å²) >= 11 is 0. The van der Waals surface area contributed by atoms with Gasteiger partial charge in [0.15, 0.2) is 0 Å². The normalized spacial score (nSPS) is 12.3. The Balaban J connectivity index is 2.38. The predicted octanol–water partition coefficient (Wildman–Crippen LogP) is 5.37. The monoisotopic (exact) mass is 472 g/mol. The molecule has 8 nitrogen and oxygen atoms in total. The standard InChI is InChI=1S/C21H24F4N4O4/c1-19(2,3)32-17(30)29(18(31)33-20(4,5)6)11-13-7-14(15(22)10-26-13)12-8-27-16(28-9-12)21(23,24)25/h7-10H,11H2,1-6H3. The minimum Gasteiger partial charge on any atom is -0.443 e. The molecule has 2 aromatic rings. The van der Waals surface area contributed by atoms with E-state index in [-0.39, 0.29) is 16.8 Å². The highest BCUT2D eigenvalue weighted by atomic mass is 19.4. The van der Waals surface area contributed by atoms with E-state index in [0.717, 1.165) is 18.6 Å². The van der Waals surface area contributed by atoms with Crippen molar-refractivity contribution in [1.29, 1.82) is 0 Å². The van der Waals surface area contributed by atoms with Crippen LogP contribution < -0.4 is 0 Å². The number of alkyl halides is 3. The Morgan fingerprint density at radius 1 is 0.879 bits per heavy atom. The minimum atomic E-state index is -4.75. The number of nitrogens with zero attached hydrogens (tertiary/aromatic N) is 4. The maximum absolute atomic E-state index is 14.4. The van der Waals surface area contributed by atoms with Gasteiger partial charge in [0.25, 0.3) is 0 Å². The number of carbonyl (C=O) groups is 2. The largest absolute Gasteiger partial charge is 0.451 e. The highest BCUT2D eigenvalue weighted by Gasteiger charge is 2.35. The van der Waals surface area contributed by atoms with Crippen LogP contribution in [0.1, 0.15) is 53.1 Å². The van der Waals surface area contributed by atoms with Crippen LogP contribution in [0.5, 0.6) is 0 Å². The molecule has 0 aromatic carbocycles. The second kappa shape index (κ2) is 9.28. The zero-order chi connectivity index (χ0) is 25.2. The molecule has 0 aliphatic rings. The van der Waals surface area contributed by atoms with Gasteiger partial charge in [-0.25, -0.2) is 28.8 Å². The van der Waals surface area contributed by atoms with E-state index in [9.17, 15) is 27.2 Å². The Kier molecular flexibility index (Phi) is 7.30. The molecule has 0 saturated carbocycles. The first kappa shape index (κ1) is 25.9. The van der Waals surface area contributed by atoms with Crippen LogP contribution in [0.4, 0.5) is 27.2 Å². The zero-order valence-corrected chi connectivity index (χ0v) is 19.0. The molecule has 0 bridgehead atoms. The number of amides is 2. The lowest BCUT2D eigenvalue weighted by Crippen LogP contribution is -2.43. The van der Waals surface area contributed by atoms with Crippen LogP contribution >= 0.6 is 0 Å². The Morgan fingerprint density at radius 3 is 1.79 bits per heavy atom. The molecule has 33 heavy (non-hydrogen) atoms. The molecule has 12 heteroatoms. The van der Waals surface area contributed by atoms with E-state index in [1.807, 2.05) is 0 Å². The predicted molar refractivity (Wildman–Crippen MR) is 108 cm³/mol. The van der Waals surface area contributed by atoms with Crippen molar-refractivity contribution in [2.24, 2.45) is 0 Å². The molecule has 0 fully saturated rings. The fourth-order valence-electron chi connectivity index (χ4n) is 2.40. The number of carbonyl (C=O) groups excluding carboxylic acids is 2. The Labute approximate surface area is 187 Å². The van der Waals surface area contributed by atoms with Crippen molar-refractivity contribution in [3.8, 4) is 11.1 Å². The molecule has 0 spiro atoms. The first-order valence-electron chi connectivity index (χ1n) is 9.74. The number of hydrogen-bond donors (Lipinski definition) is 0. The van der Waals surface area contributed by atoms with Crippen molar-refractivity contribution < 1.29 is 36.6 Å². The molecule has 0 unspecified atom stereocenters. The third-order valence-electron chi connectivity index (χ3n) is 3.68. The van der Waals surface area contributed by atoms with E-state index >= 15 is 0 Å². The molecule has 2 aromatic heterocycles. The van der Waals surface area contributed by atoms with Crippen LogP contribution in [-0.4, -0.2) is 43.2 Å². The van der Waals surface area contributed by atoms with Gasteiger partial charge in [-0.15, -0.1) is 0 Å². The summed E-state index contributed by atoms with van der Waals surface area (Å²) in [5, 5.41) is 0. The molecule has 0 atom stereocenters. The molecule has 180 valence electrons. The number of ether oxygens (including phenoxy) is 2. The molecular formula is C21H24F4N4O4. The third-order valence-corrected chi connectivity index (χ3v) is 3.68. The Bertz CT molecular complexity index is 985. The molecule has 0 N–H and O–H groups in total. The van der Waals surface area contributed by atoms with Gasteiger partial charge in [-0.05, 0) is 47.6 Å². The Hall–Kier alpha value is -3.31. The second-order valence-corrected chi connectivity index (χ2v) is 9.00. The molecular weight excluding hydrogens is 448 g/mol. The average molecular weight is 472 g/mol. The van der Waals surface area contributed by atoms with Crippen molar-refractivity contribution in [3.05, 3.63) is 42.0 Å². The van der Waals surface area contributed by atoms with Crippen LogP contribution in [0.2, 0.25) is 0 Å². The SMILES string of the molecule is CC(C)(C)OC(=O)N(Cc1cc(-c2cnc(C(F)(F)F)nc2)c(F)cn1)C(=O)OC(C)(C)C. The number of pyridine rings is 1. The van der Waals surface area contributed by atoms with E-state index < -0.39 is 47.8 Å². The van der Waals surface area contributed by atoms with Gasteiger partial charge in [0.2, 0.25) is 5.82 Å². The number of aromatic nitrogens is 3. The summed E-state index contributed by atoms with van der Waals surface area (Å²) in [6, 6.07) is 1.17. The maximum Gasteiger partial charge on any atom is 0.451 e. The lowest BCUT2D eigenvalue weighted by atomic mass is 10.1. The van der Waals surface area contributed by atoms with Gasteiger partial charge < -0.3 is 9.47 Å². The number of rotatable bonds is 3. The van der Waals surface area contributed by atoms with Gasteiger partial charge in [0, 0.05) is 23.5 Å². The van der Waals surface area contributed by atoms with Crippen LogP contribution in [0.15, 0.2) is 24.7 Å². The number of imide groups is 1. The summed E-state index contributed by atoms with van der Waals surface area (Å²) in [6.07, 6.45) is -4.33. The smallest absolute Gasteiger partial charge is 0.443 e. The van der Waals surface area contributed by atoms with Gasteiger partial charge in [-0.1, -0.05) is 0 Å². The summed E-state index contributed by atoms with van der Waals surface area (Å²) in [7, 11) is 0. The fraction of sp³-hybridized carbons (Fsp3) is 0.476. The summed E-state index contributed by atoms with van der Waals surface area (Å²) in [5.41, 5.74) is -2.01. The van der Waals surface area contributed by atoms with E-state index in [1.54, 1.807) is 41.5 Å². The van der Waals surface area contributed by atoms with E-state index in [4.69, 9.17) is 9.47 Å². The van der Waals surface area contributed by atoms with E-state index in [2.05, 4.69) is 15.0 Å². The molecule has 0 saturated heterocycles. The second-order valence-electron chi connectivity index (χ2n) is 9.00. The first-order chi connectivity index (χ1) is 15.0. The molecule has 2 heterocycles. The van der Waals surface area contributed by atoms with Gasteiger partial charge >= 0.3 is 18.4 Å².